The zero-order valence-corrected chi connectivity index (χ0v) is 33.3. The van der Waals surface area contributed by atoms with Gasteiger partial charge < -0.3 is 0 Å². The molecule has 252 valence electrons. The van der Waals surface area contributed by atoms with Gasteiger partial charge in [0, 0.05) is 40.1 Å². The molecule has 0 bridgehead atoms. The van der Waals surface area contributed by atoms with Crippen LogP contribution in [0.2, 0.25) is 0 Å². The van der Waals surface area contributed by atoms with Crippen molar-refractivity contribution >= 4 is 133 Å². The number of carbonyl (C=O) groups is 4. The fourth-order valence-corrected chi connectivity index (χ4v) is 9.41. The Balaban J connectivity index is 0.000000138. The van der Waals surface area contributed by atoms with E-state index in [9.17, 15) is 19.2 Å². The maximum atomic E-state index is 13.2. The standard InChI is InChI=1S/2C22H12Br2O2/c23-15-3-1-11-7-17-19(9-13(11)5-15)22(26)18-8-12-2-4-16(24)6-14(12)10-20(18)21(17)25;23-15-3-1-11-7-17-19(9-13(11)5-15)22(26)20-10-14-6-16(24)4-2-12(14)8-18(20)21(17)25/h2*1-10,17,19H. The minimum Gasteiger partial charge on any atom is -0.293 e. The van der Waals surface area contributed by atoms with Crippen LogP contribution in [0.1, 0.15) is 41.4 Å². The summed E-state index contributed by atoms with van der Waals surface area (Å²) in [6.07, 6.45) is 7.78. The third-order valence-corrected chi connectivity index (χ3v) is 12.4. The molecule has 8 heteroatoms. The molecule has 0 fully saturated rings. The van der Waals surface area contributed by atoms with Crippen LogP contribution in [0.25, 0.3) is 45.8 Å². The maximum Gasteiger partial charge on any atom is 0.171 e. The van der Waals surface area contributed by atoms with Gasteiger partial charge in [-0.15, -0.1) is 0 Å². The third kappa shape index (κ3) is 5.66. The van der Waals surface area contributed by atoms with Crippen LogP contribution >= 0.6 is 63.7 Å². The first-order valence-corrected chi connectivity index (χ1v) is 19.8. The number of hydrogen-bond donors (Lipinski definition) is 0. The van der Waals surface area contributed by atoms with Gasteiger partial charge in [0.15, 0.2) is 23.1 Å². The van der Waals surface area contributed by atoms with Crippen molar-refractivity contribution in [1.82, 2.24) is 0 Å². The third-order valence-electron chi connectivity index (χ3n) is 10.5. The van der Waals surface area contributed by atoms with Gasteiger partial charge in [-0.05, 0) is 115 Å². The van der Waals surface area contributed by atoms with E-state index < -0.39 is 23.7 Å². The van der Waals surface area contributed by atoms with Crippen LogP contribution in [0.4, 0.5) is 0 Å². The van der Waals surface area contributed by atoms with Crippen LogP contribution in [0.5, 0.6) is 0 Å². The highest BCUT2D eigenvalue weighted by Gasteiger charge is 2.41. The fourth-order valence-electron chi connectivity index (χ4n) is 7.90. The molecule has 4 aliphatic carbocycles. The molecule has 0 N–H and O–H groups in total. The lowest BCUT2D eigenvalue weighted by molar-refractivity contribution is 0.0820. The molecular formula is C44H24Br4O4. The largest absolute Gasteiger partial charge is 0.293 e. The molecule has 0 aromatic heterocycles. The quantitative estimate of drug-likeness (QED) is 0.153. The second-order valence-corrected chi connectivity index (χ2v) is 17.2. The normalized spacial score (nSPS) is 20.7. The highest BCUT2D eigenvalue weighted by molar-refractivity contribution is 9.11. The molecule has 0 radical (unpaired) electrons. The lowest BCUT2D eigenvalue weighted by Gasteiger charge is -2.29. The molecular weight excluding hydrogens is 912 g/mol. The molecule has 6 aromatic rings. The van der Waals surface area contributed by atoms with Gasteiger partial charge in [-0.2, -0.15) is 0 Å². The molecule has 4 nitrogen and oxygen atoms in total. The van der Waals surface area contributed by atoms with Gasteiger partial charge in [0.1, 0.15) is 0 Å². The molecule has 0 saturated heterocycles. The zero-order valence-electron chi connectivity index (χ0n) is 27.0. The zero-order chi connectivity index (χ0) is 36.0. The molecule has 0 aliphatic heterocycles. The number of carbonyl (C=O) groups excluding carboxylic acids is 4. The van der Waals surface area contributed by atoms with Gasteiger partial charge in [-0.25, -0.2) is 0 Å². The number of hydrogen-bond acceptors (Lipinski definition) is 4. The van der Waals surface area contributed by atoms with Crippen LogP contribution < -0.4 is 20.9 Å². The van der Waals surface area contributed by atoms with Crippen molar-refractivity contribution in [2.24, 2.45) is 23.7 Å². The Labute approximate surface area is 331 Å². The highest BCUT2D eigenvalue weighted by atomic mass is 79.9. The summed E-state index contributed by atoms with van der Waals surface area (Å²) in [6, 6.07) is 31.1. The Morgan fingerprint density at radius 1 is 0.308 bits per heavy atom. The van der Waals surface area contributed by atoms with E-state index in [0.717, 1.165) is 60.3 Å². The molecule has 0 amide bonds. The predicted octanol–water partition coefficient (Wildman–Crippen LogP) is 8.50. The van der Waals surface area contributed by atoms with Crippen LogP contribution in [-0.4, -0.2) is 23.1 Å². The molecule has 52 heavy (non-hydrogen) atoms. The van der Waals surface area contributed by atoms with Gasteiger partial charge in [-0.1, -0.05) is 112 Å². The number of Topliss-reactive ketones (excluding diaryl/α,β-unsaturated/α-hetero) is 4. The second kappa shape index (κ2) is 12.8. The minimum atomic E-state index is -0.429. The molecule has 0 saturated carbocycles. The number of fused-ring (bicyclic) bond motifs is 8. The summed E-state index contributed by atoms with van der Waals surface area (Å²) in [5.41, 5.74) is 2.14. The number of rotatable bonds is 0. The lowest BCUT2D eigenvalue weighted by Crippen LogP contribution is -2.42. The van der Waals surface area contributed by atoms with Crippen molar-refractivity contribution in [2.45, 2.75) is 0 Å². The molecule has 4 atom stereocenters. The number of halogens is 4. The minimum absolute atomic E-state index is 0.0216. The van der Waals surface area contributed by atoms with E-state index in [0.29, 0.717) is 22.3 Å². The van der Waals surface area contributed by atoms with Gasteiger partial charge in [0.25, 0.3) is 0 Å². The smallest absolute Gasteiger partial charge is 0.171 e. The molecule has 6 aromatic carbocycles. The molecule has 0 heterocycles. The van der Waals surface area contributed by atoms with Crippen LogP contribution in [0, 0.1) is 23.7 Å². The summed E-state index contributed by atoms with van der Waals surface area (Å²) in [5, 5.41) is 7.85. The van der Waals surface area contributed by atoms with E-state index in [2.05, 4.69) is 63.7 Å². The topological polar surface area (TPSA) is 68.3 Å². The highest BCUT2D eigenvalue weighted by Crippen LogP contribution is 2.37. The Morgan fingerprint density at radius 3 is 0.962 bits per heavy atom. The van der Waals surface area contributed by atoms with E-state index >= 15 is 0 Å². The molecule has 4 aliphatic rings. The maximum absolute atomic E-state index is 13.2. The fraction of sp³-hybridized carbons (Fsp3) is 0.0909. The first-order valence-electron chi connectivity index (χ1n) is 16.6. The number of ketones is 4. The first kappa shape index (κ1) is 33.7. The Kier molecular flexibility index (Phi) is 8.30. The van der Waals surface area contributed by atoms with Crippen molar-refractivity contribution in [3.8, 4) is 0 Å². The van der Waals surface area contributed by atoms with Crippen molar-refractivity contribution in [3.63, 3.8) is 0 Å². The van der Waals surface area contributed by atoms with Crippen molar-refractivity contribution in [2.75, 3.05) is 0 Å². The number of benzene rings is 6. The summed E-state index contributed by atoms with van der Waals surface area (Å²) in [7, 11) is 0. The SMILES string of the molecule is O=C1c2cc3ccc(Br)cc3cc2C(=O)C2C=c3cc(Br)ccc3=CC12.O=C1c2cc3ccc(Br)cc3cc2C(=O)C2C=c3ccc(Br)cc3=CC12. The van der Waals surface area contributed by atoms with Crippen LogP contribution in [0.3, 0.4) is 0 Å². The average Bonchev–Trinajstić information content (AvgIpc) is 3.14. The second-order valence-electron chi connectivity index (χ2n) is 13.6. The van der Waals surface area contributed by atoms with Crippen molar-refractivity contribution in [1.29, 1.82) is 0 Å². The molecule has 0 spiro atoms. The Hall–Kier alpha value is -4.08. The van der Waals surface area contributed by atoms with E-state index in [1.54, 1.807) is 0 Å². The van der Waals surface area contributed by atoms with Crippen molar-refractivity contribution in [3.05, 3.63) is 158 Å². The lowest BCUT2D eigenvalue weighted by atomic mass is 9.71. The van der Waals surface area contributed by atoms with Gasteiger partial charge in [0.2, 0.25) is 0 Å². The Morgan fingerprint density at radius 2 is 0.596 bits per heavy atom. The predicted molar refractivity (Wildman–Crippen MR) is 219 cm³/mol. The van der Waals surface area contributed by atoms with Crippen LogP contribution in [0.15, 0.2) is 115 Å². The summed E-state index contributed by atoms with van der Waals surface area (Å²) >= 11 is 13.9. The van der Waals surface area contributed by atoms with E-state index in [1.165, 1.54) is 0 Å². The first-order chi connectivity index (χ1) is 25.0. The Bertz CT molecular complexity index is 2910. The van der Waals surface area contributed by atoms with Gasteiger partial charge in [0.05, 0.1) is 23.7 Å². The van der Waals surface area contributed by atoms with E-state index in [4.69, 9.17) is 0 Å². The summed E-state index contributed by atoms with van der Waals surface area (Å²) in [6.45, 7) is 0. The molecule has 10 rings (SSSR count). The van der Waals surface area contributed by atoms with Crippen LogP contribution in [-0.2, 0) is 0 Å². The van der Waals surface area contributed by atoms with Gasteiger partial charge in [-0.3, -0.25) is 19.2 Å². The monoisotopic (exact) mass is 932 g/mol. The summed E-state index contributed by atoms with van der Waals surface area (Å²) < 4.78 is 3.83. The summed E-state index contributed by atoms with van der Waals surface area (Å²) in [5.74, 6) is -1.60. The molecule has 4 unspecified atom stereocenters. The van der Waals surface area contributed by atoms with Crippen molar-refractivity contribution < 1.29 is 19.2 Å². The summed E-state index contributed by atoms with van der Waals surface area (Å²) in [4.78, 5) is 52.7. The van der Waals surface area contributed by atoms with Gasteiger partial charge >= 0.3 is 0 Å². The van der Waals surface area contributed by atoms with E-state index in [1.807, 2.05) is 121 Å². The average molecular weight is 936 g/mol. The van der Waals surface area contributed by atoms with E-state index in [-0.39, 0.29) is 23.1 Å².